The molecule has 0 radical (unpaired) electrons. The summed E-state index contributed by atoms with van der Waals surface area (Å²) in [6.45, 7) is 0.965. The quantitative estimate of drug-likeness (QED) is 0.0308. The molecule has 3 amide bonds. The van der Waals surface area contributed by atoms with E-state index in [1.165, 1.54) is 5.38 Å². The minimum atomic E-state index is -5.18. The number of nitrogens with two attached hydrogens (primary N) is 1. The molecule has 44 heavy (non-hydrogen) atoms. The van der Waals surface area contributed by atoms with E-state index in [9.17, 15) is 57.2 Å². The minimum absolute atomic E-state index is 0.00168. The first kappa shape index (κ1) is 33.4. The van der Waals surface area contributed by atoms with E-state index in [1.54, 1.807) is 0 Å². The molecule has 1 fully saturated rings. The molecule has 0 unspecified atom stereocenters. The van der Waals surface area contributed by atoms with E-state index in [-0.39, 0.29) is 20.8 Å². The Hall–Kier alpha value is -5.09. The van der Waals surface area contributed by atoms with Crippen LogP contribution < -0.4 is 21.8 Å². The summed E-state index contributed by atoms with van der Waals surface area (Å²) in [5.74, 6) is -8.59. The molecule has 0 aliphatic carbocycles. The molecule has 238 valence electrons. The SMILES string of the molecule is CC(C)(O/N=C(\C(=O)C[C@@H]1C(=O)N(S(=O)(=O)O)[C@@H]1CNC(=O)C(=O)NCc1cc(=O)c(O)cn1O)c1csc(N)n1)C(=O)O. The summed E-state index contributed by atoms with van der Waals surface area (Å²) in [5, 5.41) is 37.3. The lowest BCUT2D eigenvalue weighted by Gasteiger charge is -2.43. The van der Waals surface area contributed by atoms with Crippen molar-refractivity contribution >= 4 is 62.0 Å². The third-order valence-electron chi connectivity index (χ3n) is 6.06. The number of carboxylic acid groups (broad SMARTS) is 1. The van der Waals surface area contributed by atoms with E-state index in [4.69, 9.17) is 10.6 Å². The molecule has 0 aromatic carbocycles. The van der Waals surface area contributed by atoms with Crippen molar-refractivity contribution in [2.24, 2.45) is 11.1 Å². The fraction of sp³-hybridized carbons (Fsp3) is 0.364. The molecule has 3 heterocycles. The molecule has 2 aromatic rings. The van der Waals surface area contributed by atoms with Crippen molar-refractivity contribution in [3.05, 3.63) is 39.3 Å². The lowest BCUT2D eigenvalue weighted by atomic mass is 9.84. The van der Waals surface area contributed by atoms with Gasteiger partial charge < -0.3 is 36.6 Å². The number of nitrogens with one attached hydrogen (secondary N) is 2. The summed E-state index contributed by atoms with van der Waals surface area (Å²) >= 11 is 0.899. The number of β-lactam (4-membered cyclic amide) rings is 1. The van der Waals surface area contributed by atoms with Gasteiger partial charge in [-0.3, -0.25) is 28.5 Å². The Labute approximate surface area is 250 Å². The zero-order valence-electron chi connectivity index (χ0n) is 22.7. The summed E-state index contributed by atoms with van der Waals surface area (Å²) in [7, 11) is -5.18. The first-order valence-electron chi connectivity index (χ1n) is 12.1. The Morgan fingerprint density at radius 2 is 1.84 bits per heavy atom. The van der Waals surface area contributed by atoms with Crippen LogP contribution in [0.1, 0.15) is 31.7 Å². The van der Waals surface area contributed by atoms with Crippen molar-refractivity contribution in [1.82, 2.24) is 24.7 Å². The molecule has 1 aliphatic heterocycles. The standard InChI is InChI=1S/C22H25N7O13S2/c1-22(2,20(36)37)42-27-16(11-8-43-21(23)26-11)14(31)4-10-12(29(19(10)35)44(39,40)41)6-25-18(34)17(33)24-5-9-3-13(30)15(32)7-28(9)38/h3,7-8,10,12,32,38H,4-6H2,1-2H3,(H2,23,26)(H,24,33)(H,25,34)(H,36,37)(H,39,40,41)/b27-16-/t10-,12+/m0/s1. The zero-order chi connectivity index (χ0) is 33.1. The van der Waals surface area contributed by atoms with Crippen molar-refractivity contribution < 1.29 is 57.2 Å². The minimum Gasteiger partial charge on any atom is -0.503 e. The topological polar surface area (TPSA) is 310 Å². The number of pyridine rings is 1. The molecule has 1 saturated heterocycles. The predicted octanol–water partition coefficient (Wildman–Crippen LogP) is -2.56. The fourth-order valence-electron chi connectivity index (χ4n) is 3.65. The number of rotatable bonds is 12. The summed E-state index contributed by atoms with van der Waals surface area (Å²) in [5.41, 5.74) is 1.92. The van der Waals surface area contributed by atoms with Gasteiger partial charge in [-0.2, -0.15) is 13.1 Å². The second kappa shape index (κ2) is 12.6. The van der Waals surface area contributed by atoms with Gasteiger partial charge in [-0.1, -0.05) is 5.16 Å². The number of thiazole rings is 1. The summed E-state index contributed by atoms with van der Waals surface area (Å²) < 4.78 is 33.5. The zero-order valence-corrected chi connectivity index (χ0v) is 24.3. The number of carbonyl (C=O) groups is 5. The number of hydrogen-bond donors (Lipinski definition) is 7. The number of carboxylic acids is 1. The van der Waals surface area contributed by atoms with Crippen molar-refractivity contribution in [3.8, 4) is 5.75 Å². The summed E-state index contributed by atoms with van der Waals surface area (Å²) in [4.78, 5) is 82.2. The number of hydrogen-bond acceptors (Lipinski definition) is 15. The number of Topliss-reactive ketones (excluding diaryl/α,β-unsaturated/α-hetero) is 1. The van der Waals surface area contributed by atoms with Crippen molar-refractivity contribution in [3.63, 3.8) is 0 Å². The third kappa shape index (κ3) is 7.45. The molecule has 2 aromatic heterocycles. The molecule has 0 spiro atoms. The van der Waals surface area contributed by atoms with Crippen molar-refractivity contribution in [1.29, 1.82) is 0 Å². The fourth-order valence-corrected chi connectivity index (χ4v) is 5.13. The lowest BCUT2D eigenvalue weighted by molar-refractivity contribution is -0.161. The number of aliphatic carboxylic acids is 1. The molecule has 20 nitrogen and oxygen atoms in total. The van der Waals surface area contributed by atoms with Crippen LogP contribution in [-0.4, -0.2) is 95.8 Å². The molecular formula is C22H25N7O13S2. The van der Waals surface area contributed by atoms with Crippen LogP contribution in [0.5, 0.6) is 5.75 Å². The molecule has 1 aliphatic rings. The van der Waals surface area contributed by atoms with E-state index < -0.39 is 93.7 Å². The normalized spacial score (nSPS) is 17.0. The smallest absolute Gasteiger partial charge is 0.362 e. The van der Waals surface area contributed by atoms with Crippen LogP contribution in [0.2, 0.25) is 0 Å². The maximum absolute atomic E-state index is 13.2. The Kier molecular flexibility index (Phi) is 9.60. The van der Waals surface area contributed by atoms with Crippen molar-refractivity contribution in [2.45, 2.75) is 38.5 Å². The highest BCUT2D eigenvalue weighted by molar-refractivity contribution is 7.84. The Balaban J connectivity index is 1.75. The summed E-state index contributed by atoms with van der Waals surface area (Å²) in [6, 6.07) is -0.777. The van der Waals surface area contributed by atoms with Crippen LogP contribution >= 0.6 is 11.3 Å². The van der Waals surface area contributed by atoms with Gasteiger partial charge in [0, 0.05) is 24.4 Å². The average Bonchev–Trinajstić information content (AvgIpc) is 3.35. The third-order valence-corrected chi connectivity index (χ3v) is 7.68. The first-order chi connectivity index (χ1) is 20.3. The predicted molar refractivity (Wildman–Crippen MR) is 146 cm³/mol. The van der Waals surface area contributed by atoms with Crippen molar-refractivity contribution in [2.75, 3.05) is 12.3 Å². The van der Waals surface area contributed by atoms with Crippen LogP contribution in [0.15, 0.2) is 27.6 Å². The molecule has 8 N–H and O–H groups in total. The van der Waals surface area contributed by atoms with E-state index in [0.29, 0.717) is 10.9 Å². The number of nitrogen functional groups attached to an aromatic ring is 1. The number of nitrogens with zero attached hydrogens (tertiary/aromatic N) is 4. The van der Waals surface area contributed by atoms with Gasteiger partial charge in [0.15, 0.2) is 22.4 Å². The van der Waals surface area contributed by atoms with Crippen LogP contribution in [0, 0.1) is 5.92 Å². The van der Waals surface area contributed by atoms with E-state index >= 15 is 0 Å². The molecule has 0 saturated carbocycles. The van der Waals surface area contributed by atoms with E-state index in [1.807, 2.05) is 0 Å². The number of oxime groups is 1. The summed E-state index contributed by atoms with van der Waals surface area (Å²) in [6.07, 6.45) is -0.124. The lowest BCUT2D eigenvalue weighted by Crippen LogP contribution is -2.67. The second-order valence-corrected chi connectivity index (χ2v) is 11.8. The van der Waals surface area contributed by atoms with Gasteiger partial charge in [0.2, 0.25) is 16.9 Å². The number of ketones is 1. The number of aromatic nitrogens is 2. The Morgan fingerprint density at radius 3 is 2.41 bits per heavy atom. The van der Waals surface area contributed by atoms with E-state index in [2.05, 4.69) is 20.8 Å². The largest absolute Gasteiger partial charge is 0.503 e. The van der Waals surface area contributed by atoms with Gasteiger partial charge in [0.05, 0.1) is 30.4 Å². The Morgan fingerprint density at radius 1 is 1.20 bits per heavy atom. The molecular weight excluding hydrogens is 634 g/mol. The van der Waals surface area contributed by atoms with Gasteiger partial charge in [0.25, 0.3) is 0 Å². The molecule has 3 rings (SSSR count). The second-order valence-electron chi connectivity index (χ2n) is 9.58. The van der Waals surface area contributed by atoms with Crippen LogP contribution in [-0.2, 0) is 45.7 Å². The van der Waals surface area contributed by atoms with Crippen LogP contribution in [0.4, 0.5) is 5.13 Å². The monoisotopic (exact) mass is 659 g/mol. The van der Waals surface area contributed by atoms with Gasteiger partial charge in [-0.05, 0) is 13.8 Å². The van der Waals surface area contributed by atoms with Crippen LogP contribution in [0.25, 0.3) is 0 Å². The first-order valence-corrected chi connectivity index (χ1v) is 14.4. The maximum atomic E-state index is 13.2. The maximum Gasteiger partial charge on any atom is 0.362 e. The molecule has 22 heteroatoms. The highest BCUT2D eigenvalue weighted by Crippen LogP contribution is 2.32. The van der Waals surface area contributed by atoms with Gasteiger partial charge in [0.1, 0.15) is 5.69 Å². The van der Waals surface area contributed by atoms with Gasteiger partial charge >= 0.3 is 28.1 Å². The number of amides is 3. The highest BCUT2D eigenvalue weighted by Gasteiger charge is 2.54. The average molecular weight is 660 g/mol. The van der Waals surface area contributed by atoms with E-state index in [0.717, 1.165) is 31.3 Å². The van der Waals surface area contributed by atoms with Gasteiger partial charge in [-0.25, -0.2) is 14.1 Å². The van der Waals surface area contributed by atoms with Gasteiger partial charge in [-0.15, -0.1) is 11.3 Å². The number of aromatic hydroxyl groups is 1. The number of carbonyl (C=O) groups excluding carboxylic acids is 4. The van der Waals surface area contributed by atoms with Crippen LogP contribution in [0.3, 0.4) is 0 Å². The molecule has 0 bridgehead atoms. The molecule has 2 atom stereocenters. The highest BCUT2D eigenvalue weighted by atomic mass is 32.2. The Bertz CT molecular complexity index is 1710. The number of anilines is 1.